The van der Waals surface area contributed by atoms with Crippen molar-refractivity contribution < 1.29 is 23.9 Å². The lowest BCUT2D eigenvalue weighted by Crippen LogP contribution is -2.32. The minimum absolute atomic E-state index is 0.00145. The molecule has 0 aliphatic carbocycles. The maximum atomic E-state index is 12.3. The molecule has 1 aromatic carbocycles. The number of hydrogen-bond acceptors (Lipinski definition) is 5. The van der Waals surface area contributed by atoms with Crippen molar-refractivity contribution >= 4 is 23.5 Å². The molecule has 0 bridgehead atoms. The molecular weight excluding hydrogens is 312 g/mol. The molecule has 0 spiro atoms. The van der Waals surface area contributed by atoms with Gasteiger partial charge in [0.25, 0.3) is 5.91 Å². The van der Waals surface area contributed by atoms with Crippen LogP contribution < -0.4 is 10.6 Å². The van der Waals surface area contributed by atoms with Crippen LogP contribution in [0.25, 0.3) is 0 Å². The molecule has 1 aliphatic rings. The predicted molar refractivity (Wildman–Crippen MR) is 87.6 cm³/mol. The van der Waals surface area contributed by atoms with Gasteiger partial charge < -0.3 is 20.1 Å². The van der Waals surface area contributed by atoms with Crippen molar-refractivity contribution in [3.05, 3.63) is 29.8 Å². The Kier molecular flexibility index (Phi) is 6.74. The molecule has 7 heteroatoms. The zero-order valence-corrected chi connectivity index (χ0v) is 13.7. The number of methoxy groups -OCH3 is 1. The minimum Gasteiger partial charge on any atom is -0.469 e. The van der Waals surface area contributed by atoms with Crippen LogP contribution in [0.2, 0.25) is 0 Å². The van der Waals surface area contributed by atoms with E-state index in [1.165, 1.54) is 7.11 Å². The molecule has 2 amide bonds. The number of hydrogen-bond donors (Lipinski definition) is 2. The number of para-hydroxylation sites is 1. The molecule has 1 aliphatic heterocycles. The van der Waals surface area contributed by atoms with Gasteiger partial charge in [0.05, 0.1) is 30.9 Å². The topological polar surface area (TPSA) is 93.7 Å². The van der Waals surface area contributed by atoms with Crippen molar-refractivity contribution in [2.45, 2.75) is 31.8 Å². The fourth-order valence-corrected chi connectivity index (χ4v) is 2.43. The Bertz CT molecular complexity index is 596. The predicted octanol–water partition coefficient (Wildman–Crippen LogP) is 1.49. The molecule has 2 N–H and O–H groups in total. The van der Waals surface area contributed by atoms with Crippen LogP contribution in [-0.4, -0.2) is 44.1 Å². The summed E-state index contributed by atoms with van der Waals surface area (Å²) in [7, 11) is 1.27. The van der Waals surface area contributed by atoms with Gasteiger partial charge in [0.15, 0.2) is 0 Å². The summed E-state index contributed by atoms with van der Waals surface area (Å²) in [6.45, 7) is 1.18. The average Bonchev–Trinajstić information content (AvgIpc) is 3.11. The summed E-state index contributed by atoms with van der Waals surface area (Å²) in [6.07, 6.45) is 1.99. The van der Waals surface area contributed by atoms with Gasteiger partial charge in [-0.05, 0) is 25.0 Å². The summed E-state index contributed by atoms with van der Waals surface area (Å²) < 4.78 is 9.97. The highest BCUT2D eigenvalue weighted by molar-refractivity contribution is 6.04. The van der Waals surface area contributed by atoms with Crippen LogP contribution in [0.1, 0.15) is 36.0 Å². The Morgan fingerprint density at radius 2 is 2.04 bits per heavy atom. The fraction of sp³-hybridized carbons (Fsp3) is 0.471. The molecule has 130 valence electrons. The summed E-state index contributed by atoms with van der Waals surface area (Å²) in [5.41, 5.74) is 0.791. The molecular formula is C17H22N2O5. The van der Waals surface area contributed by atoms with E-state index >= 15 is 0 Å². The van der Waals surface area contributed by atoms with Gasteiger partial charge in [-0.1, -0.05) is 12.1 Å². The smallest absolute Gasteiger partial charge is 0.306 e. The Hall–Kier alpha value is -2.41. The fourth-order valence-electron chi connectivity index (χ4n) is 2.43. The number of amides is 2. The van der Waals surface area contributed by atoms with Crippen LogP contribution in [-0.2, 0) is 19.1 Å². The molecule has 1 fully saturated rings. The Morgan fingerprint density at radius 1 is 1.25 bits per heavy atom. The van der Waals surface area contributed by atoms with Crippen LogP contribution in [0, 0.1) is 0 Å². The van der Waals surface area contributed by atoms with Gasteiger partial charge in [-0.2, -0.15) is 0 Å². The first-order chi connectivity index (χ1) is 11.6. The number of nitrogens with one attached hydrogen (secondary N) is 2. The number of anilines is 1. The van der Waals surface area contributed by atoms with Crippen molar-refractivity contribution in [3.8, 4) is 0 Å². The number of carbonyl (C=O) groups excluding carboxylic acids is 3. The van der Waals surface area contributed by atoms with E-state index in [1.807, 2.05) is 0 Å². The summed E-state index contributed by atoms with van der Waals surface area (Å²) in [6, 6.07) is 6.75. The van der Waals surface area contributed by atoms with Gasteiger partial charge in [-0.3, -0.25) is 14.4 Å². The first kappa shape index (κ1) is 17.9. The first-order valence-electron chi connectivity index (χ1n) is 7.95. The number of ether oxygens (including phenoxy) is 2. The van der Waals surface area contributed by atoms with E-state index in [0.717, 1.165) is 19.4 Å². The molecule has 24 heavy (non-hydrogen) atoms. The minimum atomic E-state index is -0.451. The Labute approximate surface area is 140 Å². The third-order valence-corrected chi connectivity index (χ3v) is 3.74. The van der Waals surface area contributed by atoms with Crippen LogP contribution in [0.5, 0.6) is 0 Å². The van der Waals surface area contributed by atoms with Gasteiger partial charge in [0, 0.05) is 19.6 Å². The number of benzene rings is 1. The Balaban J connectivity index is 1.91. The second-order valence-electron chi connectivity index (χ2n) is 5.51. The van der Waals surface area contributed by atoms with Gasteiger partial charge in [-0.25, -0.2) is 0 Å². The highest BCUT2D eigenvalue weighted by Crippen LogP contribution is 2.16. The zero-order valence-electron chi connectivity index (χ0n) is 13.7. The molecule has 0 saturated carbocycles. The van der Waals surface area contributed by atoms with E-state index in [1.54, 1.807) is 24.3 Å². The molecule has 7 nitrogen and oxygen atoms in total. The van der Waals surface area contributed by atoms with Crippen LogP contribution in [0.15, 0.2) is 24.3 Å². The third kappa shape index (κ3) is 5.34. The second kappa shape index (κ2) is 9.02. The van der Waals surface area contributed by atoms with Gasteiger partial charge in [-0.15, -0.1) is 0 Å². The number of esters is 1. The molecule has 1 atom stereocenters. The molecule has 1 heterocycles. The molecule has 0 unspecified atom stereocenters. The third-order valence-electron chi connectivity index (χ3n) is 3.74. The zero-order chi connectivity index (χ0) is 17.4. The summed E-state index contributed by atoms with van der Waals surface area (Å²) in [5, 5.41) is 5.48. The number of carbonyl (C=O) groups is 3. The first-order valence-corrected chi connectivity index (χ1v) is 7.95. The normalized spacial score (nSPS) is 16.5. The van der Waals surface area contributed by atoms with Crippen molar-refractivity contribution in [1.29, 1.82) is 0 Å². The van der Waals surface area contributed by atoms with E-state index in [-0.39, 0.29) is 30.8 Å². The highest BCUT2D eigenvalue weighted by atomic mass is 16.5. The van der Waals surface area contributed by atoms with Gasteiger partial charge in [0.1, 0.15) is 0 Å². The lowest BCUT2D eigenvalue weighted by atomic mass is 10.1. The summed E-state index contributed by atoms with van der Waals surface area (Å²) >= 11 is 0. The Morgan fingerprint density at radius 3 is 2.75 bits per heavy atom. The van der Waals surface area contributed by atoms with Crippen molar-refractivity contribution in [2.24, 2.45) is 0 Å². The van der Waals surface area contributed by atoms with Crippen molar-refractivity contribution in [1.82, 2.24) is 5.32 Å². The van der Waals surface area contributed by atoms with E-state index < -0.39 is 5.97 Å². The molecule has 0 radical (unpaired) electrons. The van der Waals surface area contributed by atoms with E-state index in [9.17, 15) is 14.4 Å². The van der Waals surface area contributed by atoms with Crippen molar-refractivity contribution in [3.63, 3.8) is 0 Å². The quantitative estimate of drug-likeness (QED) is 0.737. The van der Waals surface area contributed by atoms with Gasteiger partial charge in [0.2, 0.25) is 5.91 Å². The maximum Gasteiger partial charge on any atom is 0.306 e. The lowest BCUT2D eigenvalue weighted by molar-refractivity contribution is -0.141. The average molecular weight is 334 g/mol. The lowest BCUT2D eigenvalue weighted by Gasteiger charge is -2.13. The van der Waals surface area contributed by atoms with E-state index in [2.05, 4.69) is 15.4 Å². The van der Waals surface area contributed by atoms with Crippen molar-refractivity contribution in [2.75, 3.05) is 25.6 Å². The monoisotopic (exact) mass is 334 g/mol. The molecule has 2 rings (SSSR count). The maximum absolute atomic E-state index is 12.3. The van der Waals surface area contributed by atoms with E-state index in [0.29, 0.717) is 17.8 Å². The SMILES string of the molecule is COC(=O)CCC(=O)Nc1ccccc1C(=O)NC[C@H]1CCCO1. The van der Waals surface area contributed by atoms with Gasteiger partial charge >= 0.3 is 5.97 Å². The largest absolute Gasteiger partial charge is 0.469 e. The van der Waals surface area contributed by atoms with Crippen LogP contribution >= 0.6 is 0 Å². The highest BCUT2D eigenvalue weighted by Gasteiger charge is 2.18. The van der Waals surface area contributed by atoms with E-state index in [4.69, 9.17) is 4.74 Å². The summed E-state index contributed by atoms with van der Waals surface area (Å²) in [5.74, 6) is -1.07. The summed E-state index contributed by atoms with van der Waals surface area (Å²) in [4.78, 5) is 35.3. The number of rotatable bonds is 7. The molecule has 1 saturated heterocycles. The second-order valence-corrected chi connectivity index (χ2v) is 5.51. The standard InChI is InChI=1S/C17H22N2O5/c1-23-16(21)9-8-15(20)19-14-7-3-2-6-13(14)17(22)18-11-12-5-4-10-24-12/h2-3,6-7,12H,4-5,8-11H2,1H3,(H,18,22)(H,19,20)/t12-/m1/s1. The van der Waals surface area contributed by atoms with Crippen LogP contribution in [0.4, 0.5) is 5.69 Å². The van der Waals surface area contributed by atoms with Crippen LogP contribution in [0.3, 0.4) is 0 Å². The molecule has 0 aromatic heterocycles. The molecule has 1 aromatic rings.